The molecular weight excluding hydrogens is 330 g/mol. The quantitative estimate of drug-likeness (QED) is 0.618. The predicted octanol–water partition coefficient (Wildman–Crippen LogP) is 1.85. The molecule has 0 aromatic carbocycles. The molecule has 2 heterocycles. The highest BCUT2D eigenvalue weighted by molar-refractivity contribution is 7.98. The number of thioether (sulfide) groups is 1. The number of carbonyl (C=O) groups is 1. The van der Waals surface area contributed by atoms with Crippen molar-refractivity contribution >= 4 is 39.2 Å². The molecule has 0 unspecified atom stereocenters. The van der Waals surface area contributed by atoms with Gasteiger partial charge in [0.2, 0.25) is 5.91 Å². The smallest absolute Gasteiger partial charge is 0.259 e. The molecule has 0 bridgehead atoms. The summed E-state index contributed by atoms with van der Waals surface area (Å²) in [6, 6.07) is 0. The van der Waals surface area contributed by atoms with Crippen molar-refractivity contribution in [3.8, 4) is 12.3 Å². The van der Waals surface area contributed by atoms with Crippen LogP contribution < -0.4 is 10.9 Å². The molecule has 2 N–H and O–H groups in total. The molecule has 0 spiro atoms. The number of rotatable bonds is 6. The minimum atomic E-state index is -0.0537. The lowest BCUT2D eigenvalue weighted by molar-refractivity contribution is -0.120. The molecule has 1 aliphatic carbocycles. The third-order valence-electron chi connectivity index (χ3n) is 3.72. The number of hydrogen-bond donors (Lipinski definition) is 2. The molecule has 0 radical (unpaired) electrons. The molecule has 7 heteroatoms. The number of aryl methyl sites for hydroxylation is 2. The third-order valence-corrected chi connectivity index (χ3v) is 5.88. The second-order valence-corrected chi connectivity index (χ2v) is 7.52. The average Bonchev–Trinajstić information content (AvgIpc) is 3.09. The fourth-order valence-electron chi connectivity index (χ4n) is 2.69. The summed E-state index contributed by atoms with van der Waals surface area (Å²) in [4.78, 5) is 33.4. The lowest BCUT2D eigenvalue weighted by Gasteiger charge is -2.03. The van der Waals surface area contributed by atoms with Crippen LogP contribution in [0.2, 0.25) is 0 Å². The van der Waals surface area contributed by atoms with Crippen LogP contribution in [0.25, 0.3) is 10.2 Å². The minimum Gasteiger partial charge on any atom is -0.345 e. The van der Waals surface area contributed by atoms with Crippen LogP contribution in [0.3, 0.4) is 0 Å². The molecule has 5 nitrogen and oxygen atoms in total. The zero-order chi connectivity index (χ0) is 16.2. The number of aromatic amines is 1. The summed E-state index contributed by atoms with van der Waals surface area (Å²) in [6.07, 6.45) is 8.68. The first kappa shape index (κ1) is 16.1. The van der Waals surface area contributed by atoms with Gasteiger partial charge >= 0.3 is 0 Å². The summed E-state index contributed by atoms with van der Waals surface area (Å²) in [5, 5.41) is 3.41. The van der Waals surface area contributed by atoms with E-state index in [-0.39, 0.29) is 18.0 Å². The van der Waals surface area contributed by atoms with Crippen LogP contribution >= 0.6 is 23.1 Å². The molecule has 3 rings (SSSR count). The molecule has 0 saturated heterocycles. The SMILES string of the molecule is C#CCNC(=O)CCSCc1nc2sc3c(c2c(=O)[nH]1)CCC3. The number of amides is 1. The van der Waals surface area contributed by atoms with Crippen molar-refractivity contribution in [1.82, 2.24) is 15.3 Å². The van der Waals surface area contributed by atoms with Gasteiger partial charge in [0.25, 0.3) is 5.56 Å². The van der Waals surface area contributed by atoms with E-state index in [1.54, 1.807) is 23.1 Å². The summed E-state index contributed by atoms with van der Waals surface area (Å²) in [5.41, 5.74) is 1.17. The summed E-state index contributed by atoms with van der Waals surface area (Å²) in [7, 11) is 0. The highest BCUT2D eigenvalue weighted by Crippen LogP contribution is 2.34. The molecule has 0 fully saturated rings. The lowest BCUT2D eigenvalue weighted by Crippen LogP contribution is -2.23. The van der Waals surface area contributed by atoms with Gasteiger partial charge < -0.3 is 10.3 Å². The first-order chi connectivity index (χ1) is 11.2. The fraction of sp³-hybridized carbons (Fsp3) is 0.438. The van der Waals surface area contributed by atoms with Gasteiger partial charge in [0.05, 0.1) is 17.7 Å². The molecule has 1 amide bonds. The van der Waals surface area contributed by atoms with Gasteiger partial charge in [-0.05, 0) is 24.8 Å². The maximum Gasteiger partial charge on any atom is 0.259 e. The Morgan fingerprint density at radius 1 is 1.48 bits per heavy atom. The van der Waals surface area contributed by atoms with Crippen molar-refractivity contribution in [3.05, 3.63) is 26.6 Å². The second-order valence-electron chi connectivity index (χ2n) is 5.33. The van der Waals surface area contributed by atoms with E-state index in [0.717, 1.165) is 29.5 Å². The van der Waals surface area contributed by atoms with Crippen LogP contribution in [-0.4, -0.2) is 28.2 Å². The zero-order valence-electron chi connectivity index (χ0n) is 12.6. The van der Waals surface area contributed by atoms with Crippen LogP contribution in [0.4, 0.5) is 0 Å². The summed E-state index contributed by atoms with van der Waals surface area (Å²) < 4.78 is 0. The summed E-state index contributed by atoms with van der Waals surface area (Å²) in [6.45, 7) is 0.262. The van der Waals surface area contributed by atoms with Crippen molar-refractivity contribution in [2.24, 2.45) is 0 Å². The topological polar surface area (TPSA) is 74.8 Å². The van der Waals surface area contributed by atoms with E-state index in [2.05, 4.69) is 21.2 Å². The number of nitrogens with one attached hydrogen (secondary N) is 2. The molecule has 0 aliphatic heterocycles. The lowest BCUT2D eigenvalue weighted by atomic mass is 10.2. The number of terminal acetylenes is 1. The Hall–Kier alpha value is -1.78. The van der Waals surface area contributed by atoms with E-state index < -0.39 is 0 Å². The van der Waals surface area contributed by atoms with Crippen LogP contribution in [0.5, 0.6) is 0 Å². The van der Waals surface area contributed by atoms with Crippen molar-refractivity contribution < 1.29 is 4.79 Å². The number of hydrogen-bond acceptors (Lipinski definition) is 5. The van der Waals surface area contributed by atoms with E-state index in [0.29, 0.717) is 23.8 Å². The molecular formula is C16H17N3O2S2. The Morgan fingerprint density at radius 2 is 2.35 bits per heavy atom. The highest BCUT2D eigenvalue weighted by Gasteiger charge is 2.20. The minimum absolute atomic E-state index is 0.0308. The number of aromatic nitrogens is 2. The second kappa shape index (κ2) is 7.20. The Balaban J connectivity index is 1.60. The van der Waals surface area contributed by atoms with Gasteiger partial charge in [-0.25, -0.2) is 4.98 Å². The number of nitrogens with zero attached hydrogens (tertiary/aromatic N) is 1. The predicted molar refractivity (Wildman–Crippen MR) is 94.9 cm³/mol. The van der Waals surface area contributed by atoms with Crippen LogP contribution in [0, 0.1) is 12.3 Å². The van der Waals surface area contributed by atoms with E-state index in [4.69, 9.17) is 6.42 Å². The van der Waals surface area contributed by atoms with Gasteiger partial charge in [-0.1, -0.05) is 5.92 Å². The van der Waals surface area contributed by atoms with E-state index >= 15 is 0 Å². The van der Waals surface area contributed by atoms with Crippen molar-refractivity contribution in [2.45, 2.75) is 31.4 Å². The molecule has 23 heavy (non-hydrogen) atoms. The zero-order valence-corrected chi connectivity index (χ0v) is 14.2. The fourth-order valence-corrected chi connectivity index (χ4v) is 4.77. The number of carbonyl (C=O) groups excluding carboxylic acids is 1. The van der Waals surface area contributed by atoms with Crippen molar-refractivity contribution in [1.29, 1.82) is 0 Å². The van der Waals surface area contributed by atoms with E-state index in [9.17, 15) is 9.59 Å². The van der Waals surface area contributed by atoms with E-state index in [1.165, 1.54) is 10.4 Å². The van der Waals surface area contributed by atoms with Crippen LogP contribution in [-0.2, 0) is 23.4 Å². The van der Waals surface area contributed by atoms with Crippen LogP contribution in [0.15, 0.2) is 4.79 Å². The van der Waals surface area contributed by atoms with Gasteiger partial charge in [-0.3, -0.25) is 9.59 Å². The number of H-pyrrole nitrogens is 1. The molecule has 120 valence electrons. The molecule has 0 saturated carbocycles. The first-order valence-corrected chi connectivity index (χ1v) is 9.47. The van der Waals surface area contributed by atoms with Crippen molar-refractivity contribution in [2.75, 3.05) is 12.3 Å². The Kier molecular flexibility index (Phi) is 5.03. The standard InChI is InChI=1S/C16H17N3O2S2/c1-2-7-17-13(20)6-8-22-9-12-18-15(21)14-10-4-3-5-11(10)23-16(14)19-12/h1H,3-9H2,(H,17,20)(H,18,19,21). The molecule has 1 aliphatic rings. The first-order valence-electron chi connectivity index (χ1n) is 7.50. The van der Waals surface area contributed by atoms with Gasteiger partial charge in [0.15, 0.2) is 0 Å². The highest BCUT2D eigenvalue weighted by atomic mass is 32.2. The average molecular weight is 347 g/mol. The molecule has 2 aromatic heterocycles. The third kappa shape index (κ3) is 3.59. The number of thiophene rings is 1. The maximum atomic E-state index is 12.3. The van der Waals surface area contributed by atoms with E-state index in [1.807, 2.05) is 0 Å². The monoisotopic (exact) mass is 347 g/mol. The summed E-state index contributed by atoms with van der Waals surface area (Å²) in [5.74, 6) is 4.25. The molecule has 0 atom stereocenters. The summed E-state index contributed by atoms with van der Waals surface area (Å²) >= 11 is 3.22. The van der Waals surface area contributed by atoms with Gasteiger partial charge in [-0.2, -0.15) is 11.8 Å². The normalized spacial score (nSPS) is 13.0. The largest absolute Gasteiger partial charge is 0.345 e. The van der Waals surface area contributed by atoms with Gasteiger partial charge in [-0.15, -0.1) is 17.8 Å². The van der Waals surface area contributed by atoms with Crippen molar-refractivity contribution in [3.63, 3.8) is 0 Å². The van der Waals surface area contributed by atoms with Gasteiger partial charge in [0, 0.05) is 17.1 Å². The Morgan fingerprint density at radius 3 is 3.17 bits per heavy atom. The Bertz CT molecular complexity index is 832. The van der Waals surface area contributed by atoms with Crippen LogP contribution in [0.1, 0.15) is 29.1 Å². The molecule has 2 aromatic rings. The number of fused-ring (bicyclic) bond motifs is 3. The maximum absolute atomic E-state index is 12.3. The Labute approximate surface area is 142 Å². The van der Waals surface area contributed by atoms with Gasteiger partial charge in [0.1, 0.15) is 10.7 Å².